The monoisotopic (exact) mass is 342 g/mol. The molecule has 0 radical (unpaired) electrons. The topological polar surface area (TPSA) is 20.0 Å². The summed E-state index contributed by atoms with van der Waals surface area (Å²) in [5.41, 5.74) is 4.93. The number of benzene rings is 2. The molecular weight excluding hydrogens is 318 g/mol. The zero-order chi connectivity index (χ0) is 16.9. The summed E-state index contributed by atoms with van der Waals surface area (Å²) < 4.78 is 0. The van der Waals surface area contributed by atoms with Crippen LogP contribution in [0.25, 0.3) is 0 Å². The second-order valence-electron chi connectivity index (χ2n) is 6.56. The summed E-state index contributed by atoms with van der Waals surface area (Å²) in [5, 5.41) is 7.74. The van der Waals surface area contributed by atoms with Crippen molar-refractivity contribution in [1.29, 1.82) is 0 Å². The Kier molecular flexibility index (Phi) is 5.54. The van der Waals surface area contributed by atoms with E-state index in [-0.39, 0.29) is 0 Å². The van der Waals surface area contributed by atoms with Gasteiger partial charge in [0.25, 0.3) is 0 Å². The standard InChI is InChI=1S/C20H24ClN3/c1-16-3-5-18(6-4-16)15-23-11-13-24(14-12-23)22-17(2)19-7-9-20(21)10-8-19/h3-10H,11-15H2,1-2H3/p+1/b22-17-. The fourth-order valence-electron chi connectivity index (χ4n) is 3.04. The van der Waals surface area contributed by atoms with Gasteiger partial charge in [-0.3, -0.25) is 5.01 Å². The van der Waals surface area contributed by atoms with Crippen molar-refractivity contribution < 1.29 is 4.90 Å². The number of aryl methyl sites for hydroxylation is 1. The summed E-state index contributed by atoms with van der Waals surface area (Å²) in [7, 11) is 0. The van der Waals surface area contributed by atoms with Crippen LogP contribution in [0, 0.1) is 6.92 Å². The summed E-state index contributed by atoms with van der Waals surface area (Å²) in [5.74, 6) is 0. The van der Waals surface area contributed by atoms with Gasteiger partial charge < -0.3 is 4.90 Å². The molecule has 1 heterocycles. The highest BCUT2D eigenvalue weighted by Gasteiger charge is 2.19. The third kappa shape index (κ3) is 4.59. The Labute approximate surface area is 149 Å². The van der Waals surface area contributed by atoms with Crippen LogP contribution in [0.3, 0.4) is 0 Å². The van der Waals surface area contributed by atoms with Crippen molar-refractivity contribution in [2.24, 2.45) is 5.10 Å². The van der Waals surface area contributed by atoms with Crippen LogP contribution in [0.15, 0.2) is 53.6 Å². The second-order valence-corrected chi connectivity index (χ2v) is 6.99. The number of hydrogen-bond acceptors (Lipinski definition) is 2. The van der Waals surface area contributed by atoms with E-state index in [1.807, 2.05) is 24.3 Å². The van der Waals surface area contributed by atoms with E-state index >= 15 is 0 Å². The zero-order valence-corrected chi connectivity index (χ0v) is 15.2. The van der Waals surface area contributed by atoms with Gasteiger partial charge in [-0.25, -0.2) is 0 Å². The smallest absolute Gasteiger partial charge is 0.103 e. The van der Waals surface area contributed by atoms with Crippen molar-refractivity contribution in [1.82, 2.24) is 5.01 Å². The summed E-state index contributed by atoms with van der Waals surface area (Å²) in [6, 6.07) is 16.8. The lowest BCUT2D eigenvalue weighted by Gasteiger charge is -2.31. The number of nitrogens with zero attached hydrogens (tertiary/aromatic N) is 2. The molecule has 3 rings (SSSR count). The summed E-state index contributed by atoms with van der Waals surface area (Å²) >= 11 is 5.95. The normalized spacial score (nSPS) is 16.5. The molecular formula is C20H25ClN3+. The number of nitrogens with one attached hydrogen (secondary N) is 1. The van der Waals surface area contributed by atoms with Crippen molar-refractivity contribution in [3.63, 3.8) is 0 Å². The van der Waals surface area contributed by atoms with E-state index in [0.29, 0.717) is 0 Å². The molecule has 1 fully saturated rings. The average molecular weight is 343 g/mol. The molecule has 1 saturated heterocycles. The Hall–Kier alpha value is -1.84. The molecule has 24 heavy (non-hydrogen) atoms. The lowest BCUT2D eigenvalue weighted by atomic mass is 10.1. The Morgan fingerprint density at radius 2 is 1.67 bits per heavy atom. The molecule has 0 aliphatic carbocycles. The highest BCUT2D eigenvalue weighted by Crippen LogP contribution is 2.11. The number of halogens is 1. The van der Waals surface area contributed by atoms with Crippen molar-refractivity contribution >= 4 is 17.3 Å². The van der Waals surface area contributed by atoms with Gasteiger partial charge in [0.05, 0.1) is 31.9 Å². The number of hydrogen-bond donors (Lipinski definition) is 1. The van der Waals surface area contributed by atoms with Gasteiger partial charge in [-0.05, 0) is 31.5 Å². The van der Waals surface area contributed by atoms with Gasteiger partial charge in [-0.2, -0.15) is 5.10 Å². The third-order valence-corrected chi connectivity index (χ3v) is 4.83. The van der Waals surface area contributed by atoms with Crippen LogP contribution < -0.4 is 4.90 Å². The maximum absolute atomic E-state index is 5.95. The quantitative estimate of drug-likeness (QED) is 0.847. The summed E-state index contributed by atoms with van der Waals surface area (Å²) in [4.78, 5) is 1.63. The molecule has 0 saturated carbocycles. The molecule has 0 amide bonds. The van der Waals surface area contributed by atoms with E-state index in [2.05, 4.69) is 43.1 Å². The molecule has 2 aromatic rings. The van der Waals surface area contributed by atoms with Crippen LogP contribution in [0.4, 0.5) is 0 Å². The fourth-order valence-corrected chi connectivity index (χ4v) is 3.17. The molecule has 0 bridgehead atoms. The largest absolute Gasteiger partial charge is 0.328 e. The predicted molar refractivity (Wildman–Crippen MR) is 101 cm³/mol. The minimum Gasteiger partial charge on any atom is -0.328 e. The van der Waals surface area contributed by atoms with Crippen molar-refractivity contribution in [3.8, 4) is 0 Å². The van der Waals surface area contributed by atoms with Gasteiger partial charge in [-0.15, -0.1) is 0 Å². The average Bonchev–Trinajstić information content (AvgIpc) is 2.59. The highest BCUT2D eigenvalue weighted by molar-refractivity contribution is 6.30. The molecule has 4 heteroatoms. The number of quaternary nitrogens is 1. The number of piperazine rings is 1. The Balaban J connectivity index is 1.53. The minimum absolute atomic E-state index is 0.764. The molecule has 0 atom stereocenters. The van der Waals surface area contributed by atoms with E-state index in [0.717, 1.165) is 49.0 Å². The fraction of sp³-hybridized carbons (Fsp3) is 0.350. The van der Waals surface area contributed by atoms with Crippen molar-refractivity contribution in [2.75, 3.05) is 26.2 Å². The van der Waals surface area contributed by atoms with E-state index in [1.54, 1.807) is 4.90 Å². The first-order chi connectivity index (χ1) is 11.6. The molecule has 2 aromatic carbocycles. The summed E-state index contributed by atoms with van der Waals surface area (Å²) in [6.45, 7) is 9.58. The molecule has 1 N–H and O–H groups in total. The van der Waals surface area contributed by atoms with Gasteiger partial charge in [0.1, 0.15) is 6.54 Å². The lowest BCUT2D eigenvalue weighted by Crippen LogP contribution is -3.13. The molecule has 1 aliphatic rings. The molecule has 1 aliphatic heterocycles. The SMILES string of the molecule is C/C(=N/N1CC[NH+](Cc2ccc(C)cc2)CC1)c1ccc(Cl)cc1. The van der Waals surface area contributed by atoms with Crippen molar-refractivity contribution in [2.45, 2.75) is 20.4 Å². The first-order valence-electron chi connectivity index (χ1n) is 8.55. The van der Waals surface area contributed by atoms with Gasteiger partial charge >= 0.3 is 0 Å². The Morgan fingerprint density at radius 1 is 1.04 bits per heavy atom. The van der Waals surface area contributed by atoms with Crippen LogP contribution in [-0.2, 0) is 6.54 Å². The third-order valence-electron chi connectivity index (χ3n) is 4.58. The van der Waals surface area contributed by atoms with Crippen LogP contribution >= 0.6 is 11.6 Å². The van der Waals surface area contributed by atoms with E-state index in [9.17, 15) is 0 Å². The number of hydrazone groups is 1. The lowest BCUT2D eigenvalue weighted by molar-refractivity contribution is -0.918. The highest BCUT2D eigenvalue weighted by atomic mass is 35.5. The number of rotatable bonds is 4. The Morgan fingerprint density at radius 3 is 2.29 bits per heavy atom. The first-order valence-corrected chi connectivity index (χ1v) is 8.93. The molecule has 3 nitrogen and oxygen atoms in total. The first kappa shape index (κ1) is 17.0. The van der Waals surface area contributed by atoms with Crippen LogP contribution in [0.2, 0.25) is 5.02 Å². The molecule has 0 spiro atoms. The minimum atomic E-state index is 0.764. The van der Waals surface area contributed by atoms with Gasteiger partial charge in [0, 0.05) is 10.6 Å². The Bertz CT molecular complexity index is 684. The van der Waals surface area contributed by atoms with E-state index in [1.165, 1.54) is 11.1 Å². The van der Waals surface area contributed by atoms with E-state index in [4.69, 9.17) is 16.7 Å². The molecule has 0 unspecified atom stereocenters. The maximum atomic E-state index is 5.95. The summed E-state index contributed by atoms with van der Waals surface area (Å²) in [6.07, 6.45) is 0. The molecule has 126 valence electrons. The van der Waals surface area contributed by atoms with Crippen molar-refractivity contribution in [3.05, 3.63) is 70.2 Å². The second kappa shape index (κ2) is 7.82. The van der Waals surface area contributed by atoms with Crippen LogP contribution in [0.5, 0.6) is 0 Å². The van der Waals surface area contributed by atoms with Gasteiger partial charge in [0.15, 0.2) is 0 Å². The van der Waals surface area contributed by atoms with Gasteiger partial charge in [0.2, 0.25) is 0 Å². The predicted octanol–water partition coefficient (Wildman–Crippen LogP) is 2.77. The maximum Gasteiger partial charge on any atom is 0.103 e. The van der Waals surface area contributed by atoms with Gasteiger partial charge in [-0.1, -0.05) is 53.6 Å². The van der Waals surface area contributed by atoms with E-state index < -0.39 is 0 Å². The zero-order valence-electron chi connectivity index (χ0n) is 14.4. The molecule has 0 aromatic heterocycles. The van der Waals surface area contributed by atoms with Crippen LogP contribution in [0.1, 0.15) is 23.6 Å². The van der Waals surface area contributed by atoms with Crippen LogP contribution in [-0.4, -0.2) is 36.9 Å².